The van der Waals surface area contributed by atoms with Gasteiger partial charge in [0, 0.05) is 24.7 Å². The van der Waals surface area contributed by atoms with Gasteiger partial charge in [-0.2, -0.15) is 0 Å². The molecule has 4 nitrogen and oxygen atoms in total. The fourth-order valence-electron chi connectivity index (χ4n) is 2.99. The van der Waals surface area contributed by atoms with Crippen molar-refractivity contribution in [3.05, 3.63) is 29.3 Å². The van der Waals surface area contributed by atoms with Crippen molar-refractivity contribution in [2.75, 3.05) is 11.4 Å². The Bertz CT molecular complexity index is 581. The van der Waals surface area contributed by atoms with E-state index in [2.05, 4.69) is 38.2 Å². The number of amides is 2. The number of nitrogens with zero attached hydrogens (tertiary/aromatic N) is 1. The molecule has 1 aromatic rings. The third-order valence-electron chi connectivity index (χ3n) is 4.30. The van der Waals surface area contributed by atoms with Crippen molar-refractivity contribution in [1.29, 1.82) is 0 Å². The van der Waals surface area contributed by atoms with E-state index in [4.69, 9.17) is 0 Å². The largest absolute Gasteiger partial charge is 0.341 e. The fraction of sp³-hybridized carbons (Fsp3) is 0.579. The Hall–Kier alpha value is -1.84. The molecule has 1 aliphatic rings. The molecule has 0 spiro atoms. The third-order valence-corrected chi connectivity index (χ3v) is 4.30. The Balaban J connectivity index is 2.30. The minimum absolute atomic E-state index is 0.0107. The van der Waals surface area contributed by atoms with E-state index in [1.165, 1.54) is 12.5 Å². The maximum absolute atomic E-state index is 12.7. The highest BCUT2D eigenvalue weighted by atomic mass is 16.2. The molecular weight excluding hydrogens is 288 g/mol. The van der Waals surface area contributed by atoms with Crippen LogP contribution >= 0.6 is 0 Å². The summed E-state index contributed by atoms with van der Waals surface area (Å²) in [5.74, 6) is 0.359. The number of fused-ring (bicyclic) bond motifs is 1. The van der Waals surface area contributed by atoms with Crippen molar-refractivity contribution in [3.63, 3.8) is 0 Å². The van der Waals surface area contributed by atoms with Crippen molar-refractivity contribution in [2.45, 2.75) is 59.4 Å². The Kier molecular flexibility index (Phi) is 5.80. The molecule has 2 amide bonds. The number of hydrogen-bond acceptors (Lipinski definition) is 2. The zero-order chi connectivity index (χ0) is 17.0. The first-order valence-corrected chi connectivity index (χ1v) is 8.65. The molecule has 0 bridgehead atoms. The summed E-state index contributed by atoms with van der Waals surface area (Å²) in [4.78, 5) is 26.1. The molecule has 0 aliphatic carbocycles. The molecule has 0 radical (unpaired) electrons. The van der Waals surface area contributed by atoms with E-state index in [0.717, 1.165) is 36.9 Å². The van der Waals surface area contributed by atoms with Crippen molar-refractivity contribution >= 4 is 17.5 Å². The van der Waals surface area contributed by atoms with Crippen LogP contribution < -0.4 is 10.2 Å². The summed E-state index contributed by atoms with van der Waals surface area (Å²) in [6.07, 6.45) is 4.24. The van der Waals surface area contributed by atoms with Crippen molar-refractivity contribution in [1.82, 2.24) is 5.32 Å². The second kappa shape index (κ2) is 7.62. The van der Waals surface area contributed by atoms with Gasteiger partial charge in [0.25, 0.3) is 5.91 Å². The van der Waals surface area contributed by atoms with Crippen molar-refractivity contribution in [2.24, 2.45) is 5.92 Å². The molecule has 0 fully saturated rings. The van der Waals surface area contributed by atoms with Gasteiger partial charge in [-0.25, -0.2) is 0 Å². The Labute approximate surface area is 139 Å². The van der Waals surface area contributed by atoms with Gasteiger partial charge in [0.2, 0.25) is 5.91 Å². The quantitative estimate of drug-likeness (QED) is 0.835. The Morgan fingerprint density at radius 2 is 2.09 bits per heavy atom. The van der Waals surface area contributed by atoms with Crippen LogP contribution in [0.25, 0.3) is 0 Å². The average molecular weight is 316 g/mol. The molecule has 2 rings (SSSR count). The fourth-order valence-corrected chi connectivity index (χ4v) is 2.99. The number of carbonyl (C=O) groups is 2. The summed E-state index contributed by atoms with van der Waals surface area (Å²) in [6, 6.07) is 5.72. The molecule has 0 unspecified atom stereocenters. The van der Waals surface area contributed by atoms with Gasteiger partial charge in [-0.3, -0.25) is 9.59 Å². The van der Waals surface area contributed by atoms with Crippen LogP contribution in [0.2, 0.25) is 0 Å². The number of hydrogen-bond donors (Lipinski definition) is 1. The maximum atomic E-state index is 12.7. The molecule has 126 valence electrons. The lowest BCUT2D eigenvalue weighted by atomic mass is 10.0. The molecule has 0 aromatic heterocycles. The second-order valence-electron chi connectivity index (χ2n) is 6.80. The molecular formula is C19H28N2O2. The summed E-state index contributed by atoms with van der Waals surface area (Å²) in [6.45, 7) is 8.64. The zero-order valence-corrected chi connectivity index (χ0v) is 14.7. The minimum atomic E-state index is -0.531. The number of carbonyl (C=O) groups excluding carboxylic acids is 2. The smallest absolute Gasteiger partial charge is 0.254 e. The van der Waals surface area contributed by atoms with Crippen LogP contribution in [0.4, 0.5) is 5.69 Å². The molecule has 0 saturated heterocycles. The predicted molar refractivity (Wildman–Crippen MR) is 93.4 cm³/mol. The van der Waals surface area contributed by atoms with E-state index < -0.39 is 6.04 Å². The predicted octanol–water partition coefficient (Wildman–Crippen LogP) is 3.60. The van der Waals surface area contributed by atoms with E-state index in [1.54, 1.807) is 0 Å². The number of nitrogens with one attached hydrogen (secondary N) is 1. The van der Waals surface area contributed by atoms with Crippen LogP contribution in [-0.4, -0.2) is 18.4 Å². The van der Waals surface area contributed by atoms with Crippen LogP contribution in [-0.2, 0) is 16.0 Å². The number of benzene rings is 1. The first-order chi connectivity index (χ1) is 10.9. The van der Waals surface area contributed by atoms with Gasteiger partial charge >= 0.3 is 0 Å². The van der Waals surface area contributed by atoms with Gasteiger partial charge in [-0.05, 0) is 36.8 Å². The molecule has 1 atom stereocenters. The highest BCUT2D eigenvalue weighted by Crippen LogP contribution is 2.37. The molecule has 1 N–H and O–H groups in total. The van der Waals surface area contributed by atoms with Crippen LogP contribution in [0.3, 0.4) is 0 Å². The topological polar surface area (TPSA) is 49.4 Å². The molecule has 1 aliphatic heterocycles. The van der Waals surface area contributed by atoms with E-state index in [0.29, 0.717) is 12.5 Å². The standard InChI is InChI=1S/C19H28N2O2/c1-5-6-7-15-8-9-17-16(12-15)18(20-14(4)22)19(23)21(17)11-10-13(2)3/h8-9,12-13,18H,5-7,10-11H2,1-4H3,(H,20,22)/t18-/m1/s1. The lowest BCUT2D eigenvalue weighted by Gasteiger charge is -2.19. The highest BCUT2D eigenvalue weighted by Gasteiger charge is 2.37. The molecule has 1 aromatic carbocycles. The SMILES string of the molecule is CCCCc1ccc2c(c1)[C@@H](NC(C)=O)C(=O)N2CCC(C)C. The minimum Gasteiger partial charge on any atom is -0.341 e. The number of unbranched alkanes of at least 4 members (excludes halogenated alkanes) is 1. The molecule has 23 heavy (non-hydrogen) atoms. The summed E-state index contributed by atoms with van der Waals surface area (Å²) in [5.41, 5.74) is 3.14. The van der Waals surface area contributed by atoms with Crippen LogP contribution in [0.15, 0.2) is 18.2 Å². The Morgan fingerprint density at radius 1 is 1.35 bits per heavy atom. The monoisotopic (exact) mass is 316 g/mol. The normalized spacial score (nSPS) is 16.8. The third kappa shape index (κ3) is 4.12. The summed E-state index contributed by atoms with van der Waals surface area (Å²) >= 11 is 0. The number of aryl methyl sites for hydroxylation is 1. The van der Waals surface area contributed by atoms with Gasteiger partial charge in [-0.1, -0.05) is 39.3 Å². The van der Waals surface area contributed by atoms with E-state index in [-0.39, 0.29) is 11.8 Å². The molecule has 1 heterocycles. The van der Waals surface area contributed by atoms with Gasteiger partial charge < -0.3 is 10.2 Å². The molecule has 0 saturated carbocycles. The second-order valence-corrected chi connectivity index (χ2v) is 6.80. The van der Waals surface area contributed by atoms with E-state index >= 15 is 0 Å². The Morgan fingerprint density at radius 3 is 2.70 bits per heavy atom. The lowest BCUT2D eigenvalue weighted by Crippen LogP contribution is -2.37. The average Bonchev–Trinajstić information content (AvgIpc) is 2.74. The molecule has 4 heteroatoms. The number of rotatable bonds is 7. The summed E-state index contributed by atoms with van der Waals surface area (Å²) in [7, 11) is 0. The van der Waals surface area contributed by atoms with E-state index in [1.807, 2.05) is 11.0 Å². The number of anilines is 1. The van der Waals surface area contributed by atoms with Crippen LogP contribution in [0.1, 0.15) is 64.1 Å². The first-order valence-electron chi connectivity index (χ1n) is 8.65. The highest BCUT2D eigenvalue weighted by molar-refractivity contribution is 6.06. The van der Waals surface area contributed by atoms with E-state index in [9.17, 15) is 9.59 Å². The van der Waals surface area contributed by atoms with Crippen molar-refractivity contribution in [3.8, 4) is 0 Å². The summed E-state index contributed by atoms with van der Waals surface area (Å²) in [5, 5.41) is 2.82. The maximum Gasteiger partial charge on any atom is 0.254 e. The van der Waals surface area contributed by atoms with Gasteiger partial charge in [0.05, 0.1) is 0 Å². The van der Waals surface area contributed by atoms with Crippen LogP contribution in [0, 0.1) is 5.92 Å². The first kappa shape index (κ1) is 17.5. The van der Waals surface area contributed by atoms with Gasteiger partial charge in [0.15, 0.2) is 0 Å². The zero-order valence-electron chi connectivity index (χ0n) is 14.7. The van der Waals surface area contributed by atoms with Gasteiger partial charge in [-0.15, -0.1) is 0 Å². The summed E-state index contributed by atoms with van der Waals surface area (Å²) < 4.78 is 0. The van der Waals surface area contributed by atoms with Crippen LogP contribution in [0.5, 0.6) is 0 Å². The van der Waals surface area contributed by atoms with Crippen molar-refractivity contribution < 1.29 is 9.59 Å². The van der Waals surface area contributed by atoms with Gasteiger partial charge in [0.1, 0.15) is 6.04 Å². The lowest BCUT2D eigenvalue weighted by molar-refractivity contribution is -0.126.